The Kier molecular flexibility index (Phi) is 5.76. The van der Waals surface area contributed by atoms with Crippen LogP contribution in [0.15, 0.2) is 24.3 Å². The van der Waals surface area contributed by atoms with Crippen LogP contribution in [0, 0.1) is 4.77 Å². The molecule has 0 fully saturated rings. The highest BCUT2D eigenvalue weighted by molar-refractivity contribution is 7.71. The molecular weight excluding hydrogens is 341 g/mol. The topological polar surface area (TPSA) is 62.7 Å². The summed E-state index contributed by atoms with van der Waals surface area (Å²) in [6, 6.07) is 4.86. The van der Waals surface area contributed by atoms with Crippen molar-refractivity contribution in [3.8, 4) is 0 Å². The fourth-order valence-electron chi connectivity index (χ4n) is 2.19. The quantitative estimate of drug-likeness (QED) is 0.780. The molecular formula is C15H17F3N4OS. The van der Waals surface area contributed by atoms with Crippen molar-refractivity contribution in [2.45, 2.75) is 39.0 Å². The lowest BCUT2D eigenvalue weighted by molar-refractivity contribution is -0.137. The summed E-state index contributed by atoms with van der Waals surface area (Å²) in [7, 11) is 0. The molecule has 0 bridgehead atoms. The number of carbonyl (C=O) groups is 1. The fourth-order valence-corrected chi connectivity index (χ4v) is 2.40. The lowest BCUT2D eigenvalue weighted by Crippen LogP contribution is -2.28. The molecule has 1 heterocycles. The first kappa shape index (κ1) is 18.2. The molecule has 9 heteroatoms. The van der Waals surface area contributed by atoms with E-state index in [0.717, 1.165) is 18.6 Å². The van der Waals surface area contributed by atoms with Crippen LogP contribution in [-0.2, 0) is 30.5 Å². The predicted molar refractivity (Wildman–Crippen MR) is 84.7 cm³/mol. The lowest BCUT2D eigenvalue weighted by Gasteiger charge is -2.10. The Morgan fingerprint density at radius 1 is 1.42 bits per heavy atom. The van der Waals surface area contributed by atoms with E-state index in [0.29, 0.717) is 22.6 Å². The minimum Gasteiger partial charge on any atom is -0.350 e. The number of rotatable bonds is 6. The summed E-state index contributed by atoms with van der Waals surface area (Å²) in [5.74, 6) is 0.332. The molecule has 2 aromatic rings. The molecule has 1 aromatic heterocycles. The smallest absolute Gasteiger partial charge is 0.350 e. The zero-order chi connectivity index (χ0) is 17.7. The van der Waals surface area contributed by atoms with Gasteiger partial charge in [0, 0.05) is 13.0 Å². The number of amides is 1. The van der Waals surface area contributed by atoms with Gasteiger partial charge in [0.25, 0.3) is 0 Å². The molecule has 0 spiro atoms. The van der Waals surface area contributed by atoms with Crippen molar-refractivity contribution < 1.29 is 18.0 Å². The van der Waals surface area contributed by atoms with Crippen LogP contribution in [-0.4, -0.2) is 20.7 Å². The third-order valence-corrected chi connectivity index (χ3v) is 3.67. The highest BCUT2D eigenvalue weighted by atomic mass is 32.1. The highest BCUT2D eigenvalue weighted by Gasteiger charge is 2.30. The van der Waals surface area contributed by atoms with E-state index >= 15 is 0 Å². The molecule has 0 aliphatic carbocycles. The average molecular weight is 358 g/mol. The molecule has 24 heavy (non-hydrogen) atoms. The van der Waals surface area contributed by atoms with Crippen molar-refractivity contribution >= 4 is 18.1 Å². The molecule has 5 nitrogen and oxygen atoms in total. The summed E-state index contributed by atoms with van der Waals surface area (Å²) in [4.78, 5) is 12.0. The van der Waals surface area contributed by atoms with Crippen molar-refractivity contribution in [3.63, 3.8) is 0 Å². The number of hydrogen-bond acceptors (Lipinski definition) is 3. The number of aryl methyl sites for hydroxylation is 1. The Balaban J connectivity index is 1.99. The van der Waals surface area contributed by atoms with Crippen LogP contribution < -0.4 is 5.32 Å². The number of nitrogens with zero attached hydrogens (tertiary/aromatic N) is 2. The average Bonchev–Trinajstić information content (AvgIpc) is 2.86. The summed E-state index contributed by atoms with van der Waals surface area (Å²) in [6.07, 6.45) is -2.88. The van der Waals surface area contributed by atoms with Gasteiger partial charge in [0.05, 0.1) is 5.56 Å². The number of halogens is 3. The lowest BCUT2D eigenvalue weighted by atomic mass is 10.1. The zero-order valence-electron chi connectivity index (χ0n) is 13.0. The van der Waals surface area contributed by atoms with Gasteiger partial charge in [-0.15, -0.1) is 0 Å². The number of hydrogen-bond donors (Lipinski definition) is 2. The maximum absolute atomic E-state index is 12.7. The van der Waals surface area contributed by atoms with Gasteiger partial charge in [0.2, 0.25) is 5.91 Å². The van der Waals surface area contributed by atoms with Crippen LogP contribution in [0.2, 0.25) is 0 Å². The van der Waals surface area contributed by atoms with Gasteiger partial charge in [-0.25, -0.2) is 0 Å². The van der Waals surface area contributed by atoms with Crippen LogP contribution >= 0.6 is 12.2 Å². The number of nitrogens with one attached hydrogen (secondary N) is 2. The van der Waals surface area contributed by atoms with E-state index in [1.807, 2.05) is 6.92 Å². The Hall–Kier alpha value is -2.16. The summed E-state index contributed by atoms with van der Waals surface area (Å²) < 4.78 is 39.9. The number of aromatic nitrogens is 3. The standard InChI is InChI=1S/C15H17F3N4OS/c1-2-4-12-20-21-14(24)22(12)9-13(23)19-8-10-5-3-6-11(7-10)15(16,17)18/h3,5-7H,2,4,8-9H2,1H3,(H,19,23)(H,21,24). The van der Waals surface area contributed by atoms with E-state index < -0.39 is 11.7 Å². The number of carbonyl (C=O) groups excluding carboxylic acids is 1. The van der Waals surface area contributed by atoms with Crippen LogP contribution in [0.1, 0.15) is 30.3 Å². The van der Waals surface area contributed by atoms with E-state index in [4.69, 9.17) is 12.2 Å². The Morgan fingerprint density at radius 3 is 2.83 bits per heavy atom. The molecule has 0 saturated carbocycles. The number of benzene rings is 1. The first-order chi connectivity index (χ1) is 11.3. The van der Waals surface area contributed by atoms with E-state index in [9.17, 15) is 18.0 Å². The third kappa shape index (κ3) is 4.67. The van der Waals surface area contributed by atoms with E-state index in [2.05, 4.69) is 15.5 Å². The second kappa shape index (κ2) is 7.61. The number of alkyl halides is 3. The predicted octanol–water partition coefficient (Wildman–Crippen LogP) is 3.23. The van der Waals surface area contributed by atoms with Crippen LogP contribution in [0.25, 0.3) is 0 Å². The fraction of sp³-hybridized carbons (Fsp3) is 0.400. The molecule has 0 aliphatic rings. The number of aromatic amines is 1. The van der Waals surface area contributed by atoms with E-state index in [-0.39, 0.29) is 19.0 Å². The molecule has 130 valence electrons. The van der Waals surface area contributed by atoms with E-state index in [1.165, 1.54) is 12.1 Å². The van der Waals surface area contributed by atoms with Gasteiger partial charge in [-0.1, -0.05) is 19.1 Å². The molecule has 1 aromatic carbocycles. The summed E-state index contributed by atoms with van der Waals surface area (Å²) >= 11 is 5.08. The van der Waals surface area contributed by atoms with Crippen molar-refractivity contribution in [3.05, 3.63) is 46.0 Å². The molecule has 2 N–H and O–H groups in total. The van der Waals surface area contributed by atoms with E-state index in [1.54, 1.807) is 4.57 Å². The normalized spacial score (nSPS) is 11.5. The largest absolute Gasteiger partial charge is 0.416 e. The van der Waals surface area contributed by atoms with Gasteiger partial charge in [-0.05, 0) is 36.3 Å². The molecule has 0 saturated heterocycles. The second-order valence-corrected chi connectivity index (χ2v) is 5.64. The summed E-state index contributed by atoms with van der Waals surface area (Å²) in [6.45, 7) is 1.97. The van der Waals surface area contributed by atoms with Gasteiger partial charge in [-0.3, -0.25) is 14.5 Å². The van der Waals surface area contributed by atoms with Gasteiger partial charge >= 0.3 is 6.18 Å². The van der Waals surface area contributed by atoms with Gasteiger partial charge in [-0.2, -0.15) is 18.3 Å². The first-order valence-corrected chi connectivity index (χ1v) is 7.79. The Morgan fingerprint density at radius 2 is 2.17 bits per heavy atom. The van der Waals surface area contributed by atoms with Crippen molar-refractivity contribution in [2.75, 3.05) is 0 Å². The van der Waals surface area contributed by atoms with Gasteiger partial charge in [0.1, 0.15) is 12.4 Å². The van der Waals surface area contributed by atoms with Crippen LogP contribution in [0.3, 0.4) is 0 Å². The minimum absolute atomic E-state index is 0.0110. The number of H-pyrrole nitrogens is 1. The zero-order valence-corrected chi connectivity index (χ0v) is 13.8. The van der Waals surface area contributed by atoms with Crippen molar-refractivity contribution in [1.82, 2.24) is 20.1 Å². The second-order valence-electron chi connectivity index (χ2n) is 5.26. The maximum Gasteiger partial charge on any atom is 0.416 e. The molecule has 0 aliphatic heterocycles. The third-order valence-electron chi connectivity index (χ3n) is 3.36. The molecule has 2 rings (SSSR count). The van der Waals surface area contributed by atoms with Crippen molar-refractivity contribution in [1.29, 1.82) is 0 Å². The summed E-state index contributed by atoms with van der Waals surface area (Å²) in [5.41, 5.74) is -0.362. The van der Waals surface area contributed by atoms with Crippen molar-refractivity contribution in [2.24, 2.45) is 0 Å². The molecule has 1 amide bonds. The Labute approximate surface area is 141 Å². The SMILES string of the molecule is CCCc1n[nH]c(=S)n1CC(=O)NCc1cccc(C(F)(F)F)c1. The first-order valence-electron chi connectivity index (χ1n) is 7.38. The van der Waals surface area contributed by atoms with Gasteiger partial charge in [0.15, 0.2) is 4.77 Å². The van der Waals surface area contributed by atoms with Crippen LogP contribution in [0.5, 0.6) is 0 Å². The maximum atomic E-state index is 12.7. The highest BCUT2D eigenvalue weighted by Crippen LogP contribution is 2.29. The monoisotopic (exact) mass is 358 g/mol. The van der Waals surface area contributed by atoms with Gasteiger partial charge < -0.3 is 5.32 Å². The van der Waals surface area contributed by atoms with Crippen LogP contribution in [0.4, 0.5) is 13.2 Å². The molecule has 0 radical (unpaired) electrons. The Bertz CT molecular complexity index is 767. The molecule has 0 atom stereocenters. The molecule has 0 unspecified atom stereocenters. The summed E-state index contributed by atoms with van der Waals surface area (Å²) in [5, 5.41) is 9.29. The minimum atomic E-state index is -4.40.